The number of aliphatic carboxylic acids is 1. The lowest BCUT2D eigenvalue weighted by Gasteiger charge is -2.22. The molecular weight excluding hydrogens is 417 g/mol. The van der Waals surface area contributed by atoms with E-state index in [1.54, 1.807) is 14.0 Å². The molecule has 1 aromatic carbocycles. The Bertz CT molecular complexity index is 776. The highest BCUT2D eigenvalue weighted by atomic mass is 31.2. The van der Waals surface area contributed by atoms with E-state index in [9.17, 15) is 19.3 Å². The van der Waals surface area contributed by atoms with Crippen molar-refractivity contribution in [3.8, 4) is 0 Å². The molecule has 0 aliphatic heterocycles. The van der Waals surface area contributed by atoms with Gasteiger partial charge in [0.25, 0.3) is 0 Å². The summed E-state index contributed by atoms with van der Waals surface area (Å²) in [5.74, 6) is -1.25. The van der Waals surface area contributed by atoms with Crippen LogP contribution in [0.3, 0.4) is 0 Å². The summed E-state index contributed by atoms with van der Waals surface area (Å²) in [7, 11) is -1.45. The van der Waals surface area contributed by atoms with Crippen LogP contribution >= 0.6 is 7.37 Å². The van der Waals surface area contributed by atoms with Crippen LogP contribution in [-0.4, -0.2) is 43.0 Å². The zero-order valence-electron chi connectivity index (χ0n) is 19.1. The number of carboxylic acids is 1. The first kappa shape index (κ1) is 26.9. The van der Waals surface area contributed by atoms with Crippen molar-refractivity contribution in [1.82, 2.24) is 5.32 Å². The molecule has 7 nitrogen and oxygen atoms in total. The first-order valence-corrected chi connectivity index (χ1v) is 12.8. The summed E-state index contributed by atoms with van der Waals surface area (Å²) in [6, 6.07) is 9.47. The Kier molecular flexibility index (Phi) is 12.2. The highest BCUT2D eigenvalue weighted by Crippen LogP contribution is 2.50. The van der Waals surface area contributed by atoms with Crippen LogP contribution in [0.4, 0.5) is 0 Å². The van der Waals surface area contributed by atoms with E-state index in [0.29, 0.717) is 31.1 Å². The second-order valence-electron chi connectivity index (χ2n) is 7.83. The van der Waals surface area contributed by atoms with Gasteiger partial charge in [0.1, 0.15) is 6.61 Å². The van der Waals surface area contributed by atoms with Gasteiger partial charge >= 0.3 is 11.9 Å². The molecule has 8 heteroatoms. The monoisotopic (exact) mass is 453 g/mol. The Balaban J connectivity index is 2.65. The van der Waals surface area contributed by atoms with E-state index in [1.165, 1.54) is 0 Å². The maximum atomic E-state index is 13.2. The summed E-state index contributed by atoms with van der Waals surface area (Å²) >= 11 is 0. The highest BCUT2D eigenvalue weighted by molar-refractivity contribution is 7.59. The maximum absolute atomic E-state index is 13.2. The normalized spacial score (nSPS) is 14.0. The third-order valence-electron chi connectivity index (χ3n) is 4.63. The van der Waals surface area contributed by atoms with Gasteiger partial charge in [0.2, 0.25) is 7.37 Å². The Labute approximate surface area is 185 Å². The predicted octanol–water partition coefficient (Wildman–Crippen LogP) is 4.82. The number of hydrogen-bond donors (Lipinski definition) is 2. The van der Waals surface area contributed by atoms with Crippen molar-refractivity contribution >= 4 is 19.3 Å². The fourth-order valence-electron chi connectivity index (χ4n) is 3.30. The molecule has 0 aromatic heterocycles. The Morgan fingerprint density at radius 3 is 2.32 bits per heavy atom. The Hall–Kier alpha value is -2.11. The van der Waals surface area contributed by atoms with Gasteiger partial charge in [-0.1, -0.05) is 44.2 Å². The zero-order chi connectivity index (χ0) is 23.3. The average Bonchev–Trinajstić information content (AvgIpc) is 2.71. The topological polar surface area (TPSA) is 102 Å². The molecule has 0 heterocycles. The van der Waals surface area contributed by atoms with Crippen LogP contribution in [0.25, 0.3) is 0 Å². The minimum Gasteiger partial charge on any atom is -0.478 e. The van der Waals surface area contributed by atoms with Crippen LogP contribution in [0.5, 0.6) is 0 Å². The van der Waals surface area contributed by atoms with Crippen LogP contribution in [0.1, 0.15) is 52.0 Å². The van der Waals surface area contributed by atoms with Crippen LogP contribution < -0.4 is 5.32 Å². The molecule has 0 radical (unpaired) electrons. The molecule has 0 spiro atoms. The molecule has 1 unspecified atom stereocenters. The number of unbranched alkanes of at least 4 members (excludes halogenated alkanes) is 1. The summed E-state index contributed by atoms with van der Waals surface area (Å²) in [6.45, 7) is 6.15. The Morgan fingerprint density at radius 2 is 1.77 bits per heavy atom. The predicted molar refractivity (Wildman–Crippen MR) is 122 cm³/mol. The van der Waals surface area contributed by atoms with E-state index in [4.69, 9.17) is 9.26 Å². The molecule has 2 N–H and O–H groups in total. The SMILES string of the molecule is CCOP(=O)(CC(C(=O)O)=C(CCCCC(=O)OCc1ccccc1)NC)CC(C)C. The lowest BCUT2D eigenvalue weighted by atomic mass is 10.1. The molecule has 0 saturated heterocycles. The number of allylic oxidation sites excluding steroid dienone is 1. The number of esters is 1. The number of carbonyl (C=O) groups is 2. The molecule has 0 aliphatic carbocycles. The summed E-state index contributed by atoms with van der Waals surface area (Å²) in [4.78, 5) is 23.8. The number of benzene rings is 1. The first-order chi connectivity index (χ1) is 14.7. The van der Waals surface area contributed by atoms with Gasteiger partial charge in [-0.05, 0) is 37.7 Å². The van der Waals surface area contributed by atoms with Crippen LogP contribution in [0, 0.1) is 5.92 Å². The molecule has 31 heavy (non-hydrogen) atoms. The van der Waals surface area contributed by atoms with E-state index in [-0.39, 0.29) is 43.3 Å². The molecule has 0 aliphatic rings. The average molecular weight is 454 g/mol. The lowest BCUT2D eigenvalue weighted by Crippen LogP contribution is -2.19. The Morgan fingerprint density at radius 1 is 1.13 bits per heavy atom. The second-order valence-corrected chi connectivity index (χ2v) is 10.4. The van der Waals surface area contributed by atoms with Crippen molar-refractivity contribution in [1.29, 1.82) is 0 Å². The molecule has 0 fully saturated rings. The smallest absolute Gasteiger partial charge is 0.333 e. The zero-order valence-corrected chi connectivity index (χ0v) is 20.0. The van der Waals surface area contributed by atoms with E-state index in [0.717, 1.165) is 5.56 Å². The fourth-order valence-corrected chi connectivity index (χ4v) is 6.01. The molecule has 1 atom stereocenters. The van der Waals surface area contributed by atoms with Crippen LogP contribution in [-0.2, 0) is 30.0 Å². The molecule has 1 rings (SSSR count). The molecule has 174 valence electrons. The molecular formula is C23H36NO6P. The van der Waals surface area contributed by atoms with Gasteiger partial charge < -0.3 is 19.7 Å². The fraction of sp³-hybridized carbons (Fsp3) is 0.565. The van der Waals surface area contributed by atoms with Crippen molar-refractivity contribution in [3.05, 3.63) is 47.2 Å². The van der Waals surface area contributed by atoms with Gasteiger partial charge in [0, 0.05) is 25.3 Å². The molecule has 0 amide bonds. The molecule has 0 saturated carbocycles. The van der Waals surface area contributed by atoms with Crippen molar-refractivity contribution in [2.75, 3.05) is 26.0 Å². The number of carbonyl (C=O) groups excluding carboxylic acids is 1. The highest BCUT2D eigenvalue weighted by Gasteiger charge is 2.30. The second kappa shape index (κ2) is 14.0. The van der Waals surface area contributed by atoms with Gasteiger partial charge in [-0.3, -0.25) is 9.36 Å². The van der Waals surface area contributed by atoms with Gasteiger partial charge in [-0.15, -0.1) is 0 Å². The summed E-state index contributed by atoms with van der Waals surface area (Å²) < 4.78 is 23.9. The number of ether oxygens (including phenoxy) is 1. The third-order valence-corrected chi connectivity index (χ3v) is 7.44. The summed E-state index contributed by atoms with van der Waals surface area (Å²) in [6.07, 6.45) is 2.11. The minimum atomic E-state index is -3.10. The van der Waals surface area contributed by atoms with Gasteiger partial charge in [0.15, 0.2) is 0 Å². The van der Waals surface area contributed by atoms with E-state index >= 15 is 0 Å². The van der Waals surface area contributed by atoms with Gasteiger partial charge in [-0.25, -0.2) is 4.79 Å². The van der Waals surface area contributed by atoms with Crippen molar-refractivity contribution < 1.29 is 28.5 Å². The number of carboxylic acid groups (broad SMARTS) is 1. The number of nitrogens with one attached hydrogen (secondary N) is 1. The van der Waals surface area contributed by atoms with Crippen molar-refractivity contribution in [3.63, 3.8) is 0 Å². The quantitative estimate of drug-likeness (QED) is 0.170. The van der Waals surface area contributed by atoms with E-state index in [2.05, 4.69) is 5.32 Å². The lowest BCUT2D eigenvalue weighted by molar-refractivity contribution is -0.145. The summed E-state index contributed by atoms with van der Waals surface area (Å²) in [5, 5.41) is 12.7. The molecule has 1 aromatic rings. The van der Waals surface area contributed by atoms with Gasteiger partial charge in [-0.2, -0.15) is 0 Å². The number of rotatable bonds is 15. The number of hydrogen-bond acceptors (Lipinski definition) is 6. The summed E-state index contributed by atoms with van der Waals surface area (Å²) in [5.41, 5.74) is 1.54. The third kappa shape index (κ3) is 10.7. The van der Waals surface area contributed by atoms with Gasteiger partial charge in [0.05, 0.1) is 18.3 Å². The minimum absolute atomic E-state index is 0.0894. The van der Waals surface area contributed by atoms with E-state index < -0.39 is 13.3 Å². The van der Waals surface area contributed by atoms with Crippen LogP contribution in [0.2, 0.25) is 0 Å². The standard InChI is InChI=1S/C23H36NO6P/c1-5-30-31(28,16-18(2)3)17-20(23(26)27)21(24-4)13-9-10-14-22(25)29-15-19-11-7-6-8-12-19/h6-8,11-12,18,24H,5,9-10,13-17H2,1-4H3,(H,26,27). The van der Waals surface area contributed by atoms with Crippen LogP contribution in [0.15, 0.2) is 41.6 Å². The maximum Gasteiger partial charge on any atom is 0.333 e. The van der Waals surface area contributed by atoms with E-state index in [1.807, 2.05) is 44.2 Å². The first-order valence-electron chi connectivity index (χ1n) is 10.8. The van der Waals surface area contributed by atoms with Crippen molar-refractivity contribution in [2.24, 2.45) is 5.92 Å². The largest absolute Gasteiger partial charge is 0.478 e. The van der Waals surface area contributed by atoms with Crippen molar-refractivity contribution in [2.45, 2.75) is 53.1 Å². The molecule has 0 bridgehead atoms.